The molecule has 0 bridgehead atoms. The molecule has 0 unspecified atom stereocenters. The zero-order valence-corrected chi connectivity index (χ0v) is 15.5. The summed E-state index contributed by atoms with van der Waals surface area (Å²) in [4.78, 5) is 25.5. The summed E-state index contributed by atoms with van der Waals surface area (Å²) in [5, 5.41) is 4.12. The lowest BCUT2D eigenvalue weighted by Gasteiger charge is -2.15. The Bertz CT molecular complexity index is 1150. The van der Waals surface area contributed by atoms with Crippen molar-refractivity contribution < 1.29 is 9.53 Å². The maximum atomic E-state index is 12.8. The van der Waals surface area contributed by atoms with Gasteiger partial charge in [0.25, 0.3) is 0 Å². The van der Waals surface area contributed by atoms with Crippen molar-refractivity contribution >= 4 is 33.4 Å². The molecule has 0 aliphatic rings. The van der Waals surface area contributed by atoms with Crippen molar-refractivity contribution in [3.63, 3.8) is 0 Å². The average molecular weight is 372 g/mol. The summed E-state index contributed by atoms with van der Waals surface area (Å²) in [7, 11) is 0. The van der Waals surface area contributed by atoms with Crippen LogP contribution in [0.5, 0.6) is 5.75 Å². The molecule has 3 aromatic carbocycles. The largest absolute Gasteiger partial charge is 0.494 e. The molecule has 1 N–H and O–H groups in total. The molecule has 1 heterocycles. The first kappa shape index (κ1) is 17.8. The molecule has 5 nitrogen and oxygen atoms in total. The number of amides is 1. The van der Waals surface area contributed by atoms with Crippen molar-refractivity contribution in [2.45, 2.75) is 13.5 Å². The fraction of sp³-hybridized carbons (Fsp3) is 0.130. The summed E-state index contributed by atoms with van der Waals surface area (Å²) < 4.78 is 7.31. The van der Waals surface area contributed by atoms with Gasteiger partial charge in [0.1, 0.15) is 12.3 Å². The number of rotatable bonds is 5. The highest BCUT2D eigenvalue weighted by atomic mass is 16.5. The standard InChI is InChI=1S/C23H20N2O3/c1-2-28-17-13-11-16(12-14-17)24-22(26)15-25-20-9-5-3-7-18(20)23(27)19-8-4-6-10-21(19)25/h3-14H,2,15H2,1H3,(H,24,26). The van der Waals surface area contributed by atoms with Crippen molar-refractivity contribution in [3.8, 4) is 5.75 Å². The highest BCUT2D eigenvalue weighted by molar-refractivity contribution is 5.97. The highest BCUT2D eigenvalue weighted by Gasteiger charge is 2.13. The van der Waals surface area contributed by atoms with E-state index >= 15 is 0 Å². The molecule has 0 saturated carbocycles. The molecule has 1 amide bonds. The second-order valence-electron chi connectivity index (χ2n) is 6.46. The van der Waals surface area contributed by atoms with Crippen molar-refractivity contribution in [1.82, 2.24) is 4.57 Å². The summed E-state index contributed by atoms with van der Waals surface area (Å²) in [5.41, 5.74) is 2.17. The van der Waals surface area contributed by atoms with Crippen LogP contribution in [0.4, 0.5) is 5.69 Å². The van der Waals surface area contributed by atoms with Crippen LogP contribution in [0.15, 0.2) is 77.6 Å². The average Bonchev–Trinajstić information content (AvgIpc) is 2.73. The number of aromatic nitrogens is 1. The normalized spacial score (nSPS) is 10.9. The Morgan fingerprint density at radius 2 is 1.46 bits per heavy atom. The number of carbonyl (C=O) groups excluding carboxylic acids is 1. The SMILES string of the molecule is CCOc1ccc(NC(=O)Cn2c3ccccc3c(=O)c3ccccc32)cc1. The van der Waals surface area contributed by atoms with Crippen molar-refractivity contribution in [2.24, 2.45) is 0 Å². The number of ether oxygens (including phenoxy) is 1. The highest BCUT2D eigenvalue weighted by Crippen LogP contribution is 2.20. The van der Waals surface area contributed by atoms with Crippen LogP contribution >= 0.6 is 0 Å². The van der Waals surface area contributed by atoms with E-state index in [-0.39, 0.29) is 17.9 Å². The lowest BCUT2D eigenvalue weighted by Crippen LogP contribution is -2.21. The van der Waals surface area contributed by atoms with Crippen LogP contribution in [0.3, 0.4) is 0 Å². The Balaban J connectivity index is 1.69. The maximum absolute atomic E-state index is 12.8. The van der Waals surface area contributed by atoms with Crippen LogP contribution < -0.4 is 15.5 Å². The maximum Gasteiger partial charge on any atom is 0.244 e. The number of fused-ring (bicyclic) bond motifs is 2. The third-order valence-electron chi connectivity index (χ3n) is 4.63. The number of pyridine rings is 1. The molecule has 4 aromatic rings. The second-order valence-corrected chi connectivity index (χ2v) is 6.46. The van der Waals surface area contributed by atoms with Gasteiger partial charge in [-0.25, -0.2) is 0 Å². The van der Waals surface area contributed by atoms with Gasteiger partial charge in [0.15, 0.2) is 5.43 Å². The predicted molar refractivity (Wildman–Crippen MR) is 112 cm³/mol. The van der Waals surface area contributed by atoms with Gasteiger partial charge in [-0.2, -0.15) is 0 Å². The van der Waals surface area contributed by atoms with E-state index < -0.39 is 0 Å². The van der Waals surface area contributed by atoms with Crippen LogP contribution in [-0.2, 0) is 11.3 Å². The summed E-state index contributed by atoms with van der Waals surface area (Å²) in [5.74, 6) is 0.598. The fourth-order valence-electron chi connectivity index (χ4n) is 3.39. The number of hydrogen-bond acceptors (Lipinski definition) is 3. The van der Waals surface area contributed by atoms with Gasteiger partial charge >= 0.3 is 0 Å². The molecule has 5 heteroatoms. The minimum Gasteiger partial charge on any atom is -0.494 e. The molecular formula is C23H20N2O3. The number of nitrogens with zero attached hydrogens (tertiary/aromatic N) is 1. The number of benzene rings is 3. The summed E-state index contributed by atoms with van der Waals surface area (Å²) in [6.45, 7) is 2.63. The van der Waals surface area contributed by atoms with Gasteiger partial charge in [-0.05, 0) is 55.5 Å². The molecular weight excluding hydrogens is 352 g/mol. The van der Waals surface area contributed by atoms with Gasteiger partial charge in [0.05, 0.1) is 17.6 Å². The molecule has 0 radical (unpaired) electrons. The van der Waals surface area contributed by atoms with Crippen LogP contribution in [0, 0.1) is 0 Å². The van der Waals surface area contributed by atoms with Gasteiger partial charge < -0.3 is 14.6 Å². The minimum atomic E-state index is -0.164. The Morgan fingerprint density at radius 3 is 2.04 bits per heavy atom. The van der Waals surface area contributed by atoms with Crippen molar-refractivity contribution in [2.75, 3.05) is 11.9 Å². The number of hydrogen-bond donors (Lipinski definition) is 1. The van der Waals surface area contributed by atoms with Crippen LogP contribution in [0.25, 0.3) is 21.8 Å². The number of carbonyl (C=O) groups is 1. The molecule has 0 saturated heterocycles. The van der Waals surface area contributed by atoms with E-state index in [1.165, 1.54) is 0 Å². The summed E-state index contributed by atoms with van der Waals surface area (Å²) in [6, 6.07) is 22.0. The molecule has 28 heavy (non-hydrogen) atoms. The van der Waals surface area contributed by atoms with E-state index in [1.807, 2.05) is 72.2 Å². The lowest BCUT2D eigenvalue weighted by molar-refractivity contribution is -0.116. The van der Waals surface area contributed by atoms with Gasteiger partial charge in [-0.1, -0.05) is 24.3 Å². The molecule has 0 aliphatic carbocycles. The van der Waals surface area contributed by atoms with Crippen LogP contribution in [0.1, 0.15) is 6.92 Å². The van der Waals surface area contributed by atoms with Crippen LogP contribution in [-0.4, -0.2) is 17.1 Å². The van der Waals surface area contributed by atoms with E-state index in [2.05, 4.69) is 5.32 Å². The van der Waals surface area contributed by atoms with Crippen molar-refractivity contribution in [3.05, 3.63) is 83.0 Å². The van der Waals surface area contributed by atoms with E-state index in [0.29, 0.717) is 23.1 Å². The molecule has 140 valence electrons. The van der Waals surface area contributed by atoms with E-state index in [0.717, 1.165) is 16.8 Å². The van der Waals surface area contributed by atoms with Gasteiger partial charge in [0, 0.05) is 16.5 Å². The molecule has 4 rings (SSSR count). The molecule has 0 spiro atoms. The minimum absolute atomic E-state index is 0.0191. The number of para-hydroxylation sites is 2. The smallest absolute Gasteiger partial charge is 0.244 e. The zero-order valence-electron chi connectivity index (χ0n) is 15.5. The quantitative estimate of drug-likeness (QED) is 0.534. The first-order valence-electron chi connectivity index (χ1n) is 9.20. The van der Waals surface area contributed by atoms with Gasteiger partial charge in [0.2, 0.25) is 5.91 Å². The third kappa shape index (κ3) is 3.34. The Morgan fingerprint density at radius 1 is 0.893 bits per heavy atom. The molecule has 0 aliphatic heterocycles. The fourth-order valence-corrected chi connectivity index (χ4v) is 3.39. The monoisotopic (exact) mass is 372 g/mol. The Labute approximate surface area is 162 Å². The number of nitrogens with one attached hydrogen (secondary N) is 1. The van der Waals surface area contributed by atoms with E-state index in [1.54, 1.807) is 12.1 Å². The summed E-state index contributed by atoms with van der Waals surface area (Å²) >= 11 is 0. The zero-order chi connectivity index (χ0) is 19.5. The first-order valence-corrected chi connectivity index (χ1v) is 9.20. The Hall–Kier alpha value is -3.60. The molecule has 1 aromatic heterocycles. The number of anilines is 1. The third-order valence-corrected chi connectivity index (χ3v) is 4.63. The van der Waals surface area contributed by atoms with Crippen LogP contribution in [0.2, 0.25) is 0 Å². The molecule has 0 atom stereocenters. The van der Waals surface area contributed by atoms with E-state index in [9.17, 15) is 9.59 Å². The van der Waals surface area contributed by atoms with Gasteiger partial charge in [-0.15, -0.1) is 0 Å². The van der Waals surface area contributed by atoms with Gasteiger partial charge in [-0.3, -0.25) is 9.59 Å². The predicted octanol–water partition coefficient (Wildman–Crippen LogP) is 4.19. The first-order chi connectivity index (χ1) is 13.7. The van der Waals surface area contributed by atoms with Crippen molar-refractivity contribution in [1.29, 1.82) is 0 Å². The summed E-state index contributed by atoms with van der Waals surface area (Å²) in [6.07, 6.45) is 0. The second kappa shape index (κ2) is 7.56. The molecule has 0 fully saturated rings. The Kier molecular flexibility index (Phi) is 4.81. The van der Waals surface area contributed by atoms with E-state index in [4.69, 9.17) is 4.74 Å². The topological polar surface area (TPSA) is 60.3 Å². The lowest BCUT2D eigenvalue weighted by atomic mass is 10.1.